The molecule has 1 radical (unpaired) electrons. The molecule has 0 spiro atoms. The average Bonchev–Trinajstić information content (AvgIpc) is 1.65. The van der Waals surface area contributed by atoms with Crippen molar-refractivity contribution in [2.75, 3.05) is 5.75 Å². The van der Waals surface area contributed by atoms with Crippen LogP contribution in [0.5, 0.6) is 0 Å². The molecule has 0 rings (SSSR count). The lowest BCUT2D eigenvalue weighted by Gasteiger charge is -1.97. The number of hydrogen-bond donors (Lipinski definition) is 1. The fourth-order valence-electron chi connectivity index (χ4n) is 0.129. The van der Waals surface area contributed by atoms with E-state index in [1.54, 1.807) is 0 Å². The van der Waals surface area contributed by atoms with Crippen molar-refractivity contribution in [2.24, 2.45) is 5.92 Å². The number of rotatable bonds is 2. The Hall–Kier alpha value is 0.350. The van der Waals surface area contributed by atoms with Crippen molar-refractivity contribution in [3.05, 3.63) is 6.92 Å². The zero-order chi connectivity index (χ0) is 4.99. The lowest BCUT2D eigenvalue weighted by Crippen LogP contribution is -1.91. The van der Waals surface area contributed by atoms with Gasteiger partial charge in [0.1, 0.15) is 0 Å². The summed E-state index contributed by atoms with van der Waals surface area (Å²) in [6.45, 7) is 5.92. The van der Waals surface area contributed by atoms with E-state index in [2.05, 4.69) is 26.5 Å². The molecule has 37 valence electrons. The van der Waals surface area contributed by atoms with Crippen LogP contribution in [0.25, 0.3) is 0 Å². The topological polar surface area (TPSA) is 0 Å². The fraction of sp³-hybridized carbons (Fsp3) is 0.800. The molecule has 1 heteroatoms. The highest BCUT2D eigenvalue weighted by Gasteiger charge is 1.89. The summed E-state index contributed by atoms with van der Waals surface area (Å²) in [5.74, 6) is 1.46. The quantitative estimate of drug-likeness (QED) is 0.506. The molecular formula is C5H11S. The van der Waals surface area contributed by atoms with Gasteiger partial charge in [0.05, 0.1) is 0 Å². The van der Waals surface area contributed by atoms with Crippen LogP contribution in [0.2, 0.25) is 0 Å². The standard InChI is InChI=1S/C5H11S/c1-3-5(2)4-6/h5-6H,2-4H2,1H3. The second kappa shape index (κ2) is 3.54. The third-order valence-electron chi connectivity index (χ3n) is 0.836. The molecule has 0 saturated heterocycles. The van der Waals surface area contributed by atoms with Gasteiger partial charge in [0.15, 0.2) is 0 Å². The van der Waals surface area contributed by atoms with E-state index >= 15 is 0 Å². The van der Waals surface area contributed by atoms with Gasteiger partial charge in [-0.3, -0.25) is 0 Å². The van der Waals surface area contributed by atoms with E-state index in [9.17, 15) is 0 Å². The van der Waals surface area contributed by atoms with Crippen molar-refractivity contribution >= 4 is 12.6 Å². The molecule has 1 unspecified atom stereocenters. The van der Waals surface area contributed by atoms with E-state index in [4.69, 9.17) is 0 Å². The summed E-state index contributed by atoms with van der Waals surface area (Å²) in [5.41, 5.74) is 0. The molecule has 0 N–H and O–H groups in total. The Balaban J connectivity index is 2.75. The van der Waals surface area contributed by atoms with Gasteiger partial charge in [-0.1, -0.05) is 13.3 Å². The molecule has 0 amide bonds. The molecule has 0 aromatic carbocycles. The average molecular weight is 103 g/mol. The van der Waals surface area contributed by atoms with Gasteiger partial charge in [-0.25, -0.2) is 0 Å². The van der Waals surface area contributed by atoms with E-state index in [1.807, 2.05) is 0 Å². The molecule has 0 aromatic heterocycles. The minimum Gasteiger partial charge on any atom is -0.179 e. The Labute approximate surface area is 45.4 Å². The number of thiol groups is 1. The van der Waals surface area contributed by atoms with Crippen LogP contribution < -0.4 is 0 Å². The largest absolute Gasteiger partial charge is 0.179 e. The first-order chi connectivity index (χ1) is 2.81. The van der Waals surface area contributed by atoms with Gasteiger partial charge in [-0.2, -0.15) is 12.6 Å². The summed E-state index contributed by atoms with van der Waals surface area (Å²) >= 11 is 4.03. The van der Waals surface area contributed by atoms with Crippen molar-refractivity contribution in [3.8, 4) is 0 Å². The zero-order valence-electron chi connectivity index (χ0n) is 4.15. The zero-order valence-corrected chi connectivity index (χ0v) is 5.04. The van der Waals surface area contributed by atoms with Crippen LogP contribution >= 0.6 is 12.6 Å². The van der Waals surface area contributed by atoms with Crippen LogP contribution in [-0.4, -0.2) is 5.75 Å². The van der Waals surface area contributed by atoms with Crippen molar-refractivity contribution < 1.29 is 0 Å². The van der Waals surface area contributed by atoms with Crippen molar-refractivity contribution in [1.82, 2.24) is 0 Å². The summed E-state index contributed by atoms with van der Waals surface area (Å²) in [5, 5.41) is 0. The molecule has 0 aliphatic carbocycles. The van der Waals surface area contributed by atoms with Crippen molar-refractivity contribution in [1.29, 1.82) is 0 Å². The summed E-state index contributed by atoms with van der Waals surface area (Å²) < 4.78 is 0. The first kappa shape index (κ1) is 6.35. The van der Waals surface area contributed by atoms with E-state index in [0.717, 1.165) is 12.2 Å². The second-order valence-corrected chi connectivity index (χ2v) is 1.82. The maximum absolute atomic E-state index is 4.03. The summed E-state index contributed by atoms with van der Waals surface area (Å²) in [7, 11) is 0. The molecule has 0 aliphatic rings. The van der Waals surface area contributed by atoms with Crippen LogP contribution in [0.1, 0.15) is 13.3 Å². The molecule has 0 nitrogen and oxygen atoms in total. The first-order valence-corrected chi connectivity index (χ1v) is 2.88. The van der Waals surface area contributed by atoms with Crippen LogP contribution in [0.15, 0.2) is 0 Å². The molecule has 0 fully saturated rings. The van der Waals surface area contributed by atoms with Crippen LogP contribution in [0.4, 0.5) is 0 Å². The minimum absolute atomic E-state index is 0.549. The van der Waals surface area contributed by atoms with E-state index in [-0.39, 0.29) is 0 Å². The van der Waals surface area contributed by atoms with Gasteiger partial charge >= 0.3 is 0 Å². The highest BCUT2D eigenvalue weighted by Crippen LogP contribution is 1.99. The summed E-state index contributed by atoms with van der Waals surface area (Å²) in [4.78, 5) is 0. The Kier molecular flexibility index (Phi) is 3.74. The van der Waals surface area contributed by atoms with Crippen molar-refractivity contribution in [3.63, 3.8) is 0 Å². The monoisotopic (exact) mass is 103 g/mol. The van der Waals surface area contributed by atoms with E-state index < -0.39 is 0 Å². The molecule has 1 atom stereocenters. The Morgan fingerprint density at radius 2 is 2.33 bits per heavy atom. The molecule has 0 aromatic rings. The molecule has 0 saturated carbocycles. The van der Waals surface area contributed by atoms with Gasteiger partial charge in [0.2, 0.25) is 0 Å². The molecule has 0 heterocycles. The maximum Gasteiger partial charge on any atom is -0.00696 e. The third kappa shape index (κ3) is 2.58. The lowest BCUT2D eigenvalue weighted by atomic mass is 10.2. The minimum atomic E-state index is 0.549. The summed E-state index contributed by atoms with van der Waals surface area (Å²) in [6.07, 6.45) is 1.14. The molecule has 0 aliphatic heterocycles. The Bertz CT molecular complexity index is 23.1. The van der Waals surface area contributed by atoms with E-state index in [1.165, 1.54) is 0 Å². The van der Waals surface area contributed by atoms with Gasteiger partial charge in [-0.05, 0) is 18.6 Å². The highest BCUT2D eigenvalue weighted by atomic mass is 32.1. The molecule has 0 bridgehead atoms. The second-order valence-electron chi connectivity index (χ2n) is 1.46. The van der Waals surface area contributed by atoms with Gasteiger partial charge in [0, 0.05) is 0 Å². The fourth-order valence-corrected chi connectivity index (χ4v) is 0.387. The van der Waals surface area contributed by atoms with Crippen molar-refractivity contribution in [2.45, 2.75) is 13.3 Å². The number of hydrogen-bond acceptors (Lipinski definition) is 1. The predicted octanol–water partition coefficient (Wildman–Crippen LogP) is 1.78. The smallest absolute Gasteiger partial charge is 0.00696 e. The summed E-state index contributed by atoms with van der Waals surface area (Å²) in [6, 6.07) is 0. The SMILES string of the molecule is [CH2]C(CC)CS. The normalized spacial score (nSPS) is 14.5. The van der Waals surface area contributed by atoms with E-state index in [0.29, 0.717) is 5.92 Å². The molecule has 6 heavy (non-hydrogen) atoms. The Morgan fingerprint density at radius 1 is 1.83 bits per heavy atom. The Morgan fingerprint density at radius 3 is 2.33 bits per heavy atom. The lowest BCUT2D eigenvalue weighted by molar-refractivity contribution is 0.707. The van der Waals surface area contributed by atoms with Gasteiger partial charge in [0.25, 0.3) is 0 Å². The third-order valence-corrected chi connectivity index (χ3v) is 1.35. The molecular weight excluding hydrogens is 92.1 g/mol. The van der Waals surface area contributed by atoms with Crippen LogP contribution in [0.3, 0.4) is 0 Å². The van der Waals surface area contributed by atoms with Crippen LogP contribution in [-0.2, 0) is 0 Å². The maximum atomic E-state index is 4.03. The van der Waals surface area contributed by atoms with Gasteiger partial charge < -0.3 is 0 Å². The first-order valence-electron chi connectivity index (χ1n) is 2.25. The van der Waals surface area contributed by atoms with Crippen LogP contribution in [0, 0.1) is 12.8 Å². The van der Waals surface area contributed by atoms with Gasteiger partial charge in [-0.15, -0.1) is 0 Å². The highest BCUT2D eigenvalue weighted by molar-refractivity contribution is 7.80. The predicted molar refractivity (Wildman–Crippen MR) is 33.0 cm³/mol.